The van der Waals surface area contributed by atoms with Crippen LogP contribution in [0.4, 0.5) is 4.79 Å². The Bertz CT molecular complexity index is 864. The number of urea groups is 1. The van der Waals surface area contributed by atoms with Gasteiger partial charge < -0.3 is 19.7 Å². The van der Waals surface area contributed by atoms with E-state index in [1.807, 2.05) is 45.1 Å². The van der Waals surface area contributed by atoms with Crippen LogP contribution in [0.15, 0.2) is 49.1 Å². The second-order valence-corrected chi connectivity index (χ2v) is 9.39. The molecule has 2 aliphatic rings. The Labute approximate surface area is 197 Å². The fraction of sp³-hybridized carbons (Fsp3) is 0.577. The molecule has 0 radical (unpaired) electrons. The van der Waals surface area contributed by atoms with E-state index in [4.69, 9.17) is 0 Å². The fourth-order valence-corrected chi connectivity index (χ4v) is 5.08. The summed E-state index contributed by atoms with van der Waals surface area (Å²) >= 11 is 0. The van der Waals surface area contributed by atoms with Crippen LogP contribution in [0.25, 0.3) is 0 Å². The molecule has 1 aromatic carbocycles. The van der Waals surface area contributed by atoms with Crippen molar-refractivity contribution >= 4 is 11.9 Å². The van der Waals surface area contributed by atoms with E-state index < -0.39 is 0 Å². The number of carbonyl (C=O) groups excluding carboxylic acids is 2. The van der Waals surface area contributed by atoms with Gasteiger partial charge in [-0.05, 0) is 44.1 Å². The smallest absolute Gasteiger partial charge is 0.318 e. The van der Waals surface area contributed by atoms with E-state index >= 15 is 0 Å². The molecule has 0 bridgehead atoms. The average Bonchev–Trinajstić information content (AvgIpc) is 3.38. The standard InChI is InChI=1S/C26H37N5O2/c32-25(24-14-7-8-18-31(24)26(33)28-23-12-5-2-6-13-23)30(20-22-10-3-1-4-11-22)17-9-16-29-19-15-27-21-29/h1,3-4,10-11,15,19,21,23-24H,2,5-9,12-14,16-18,20H2,(H,28,33). The highest BCUT2D eigenvalue weighted by atomic mass is 16.2. The highest BCUT2D eigenvalue weighted by Crippen LogP contribution is 2.22. The van der Waals surface area contributed by atoms with Crippen molar-refractivity contribution in [2.75, 3.05) is 13.1 Å². The maximum atomic E-state index is 13.8. The molecule has 1 aliphatic heterocycles. The molecule has 2 fully saturated rings. The molecule has 2 aromatic rings. The lowest BCUT2D eigenvalue weighted by molar-refractivity contribution is -0.137. The van der Waals surface area contributed by atoms with E-state index in [-0.39, 0.29) is 24.0 Å². The highest BCUT2D eigenvalue weighted by Gasteiger charge is 2.35. The van der Waals surface area contributed by atoms with E-state index in [2.05, 4.69) is 22.4 Å². The number of piperidine rings is 1. The van der Waals surface area contributed by atoms with Gasteiger partial charge in [0.2, 0.25) is 5.91 Å². The van der Waals surface area contributed by atoms with E-state index in [1.54, 1.807) is 6.20 Å². The monoisotopic (exact) mass is 451 g/mol. The number of aromatic nitrogens is 2. The van der Waals surface area contributed by atoms with Crippen LogP contribution >= 0.6 is 0 Å². The van der Waals surface area contributed by atoms with Crippen LogP contribution in [0.2, 0.25) is 0 Å². The molecule has 0 spiro atoms. The molecule has 1 saturated heterocycles. The zero-order chi connectivity index (χ0) is 22.9. The van der Waals surface area contributed by atoms with Crippen molar-refractivity contribution < 1.29 is 9.59 Å². The number of nitrogens with one attached hydrogen (secondary N) is 1. The van der Waals surface area contributed by atoms with Gasteiger partial charge in [-0.3, -0.25) is 4.79 Å². The molecule has 1 atom stereocenters. The number of imidazole rings is 1. The molecule has 33 heavy (non-hydrogen) atoms. The minimum absolute atomic E-state index is 0.0574. The van der Waals surface area contributed by atoms with E-state index in [1.165, 1.54) is 19.3 Å². The third-order valence-electron chi connectivity index (χ3n) is 6.91. The van der Waals surface area contributed by atoms with E-state index in [9.17, 15) is 9.59 Å². The van der Waals surface area contributed by atoms with Crippen molar-refractivity contribution in [2.24, 2.45) is 0 Å². The Morgan fingerprint density at radius 3 is 2.58 bits per heavy atom. The summed E-state index contributed by atoms with van der Waals surface area (Å²) in [5.74, 6) is 0.0722. The van der Waals surface area contributed by atoms with E-state index in [0.29, 0.717) is 19.6 Å². The van der Waals surface area contributed by atoms with Crippen molar-refractivity contribution in [1.82, 2.24) is 24.7 Å². The first-order valence-electron chi connectivity index (χ1n) is 12.6. The van der Waals surface area contributed by atoms with Crippen molar-refractivity contribution in [2.45, 2.75) is 83.0 Å². The second kappa shape index (κ2) is 11.9. The van der Waals surface area contributed by atoms with Crippen molar-refractivity contribution in [1.29, 1.82) is 0 Å². The van der Waals surface area contributed by atoms with Gasteiger partial charge in [-0.2, -0.15) is 0 Å². The maximum Gasteiger partial charge on any atom is 0.318 e. The lowest BCUT2D eigenvalue weighted by Gasteiger charge is -2.39. The first-order valence-corrected chi connectivity index (χ1v) is 12.6. The third-order valence-corrected chi connectivity index (χ3v) is 6.91. The molecule has 178 valence electrons. The van der Waals surface area contributed by atoms with Gasteiger partial charge >= 0.3 is 6.03 Å². The van der Waals surface area contributed by atoms with Crippen LogP contribution in [0.5, 0.6) is 0 Å². The minimum atomic E-state index is -0.376. The Morgan fingerprint density at radius 2 is 1.82 bits per heavy atom. The van der Waals surface area contributed by atoms with E-state index in [0.717, 1.165) is 50.6 Å². The molecule has 7 nitrogen and oxygen atoms in total. The first-order chi connectivity index (χ1) is 16.2. The third kappa shape index (κ3) is 6.59. The largest absolute Gasteiger partial charge is 0.337 e. The predicted octanol–water partition coefficient (Wildman–Crippen LogP) is 4.20. The lowest BCUT2D eigenvalue weighted by atomic mass is 9.95. The summed E-state index contributed by atoms with van der Waals surface area (Å²) in [4.78, 5) is 34.8. The summed E-state index contributed by atoms with van der Waals surface area (Å²) in [6.07, 6.45) is 14.8. The number of likely N-dealkylation sites (tertiary alicyclic amines) is 1. The number of benzene rings is 1. The molecule has 3 amide bonds. The molecule has 1 N–H and O–H groups in total. The molecule has 1 aliphatic carbocycles. The molecular weight excluding hydrogens is 414 g/mol. The van der Waals surface area contributed by atoms with Crippen LogP contribution in [0.3, 0.4) is 0 Å². The van der Waals surface area contributed by atoms with Gasteiger partial charge in [0.15, 0.2) is 0 Å². The average molecular weight is 452 g/mol. The highest BCUT2D eigenvalue weighted by molar-refractivity contribution is 5.87. The van der Waals surface area contributed by atoms with Gasteiger partial charge in [0.05, 0.1) is 6.33 Å². The summed E-state index contributed by atoms with van der Waals surface area (Å²) in [5, 5.41) is 3.23. The van der Waals surface area contributed by atoms with Crippen LogP contribution < -0.4 is 5.32 Å². The number of carbonyl (C=O) groups is 2. The zero-order valence-corrected chi connectivity index (χ0v) is 19.6. The van der Waals surface area contributed by atoms with Gasteiger partial charge in [0.25, 0.3) is 0 Å². The topological polar surface area (TPSA) is 70.5 Å². The Morgan fingerprint density at radius 1 is 1.03 bits per heavy atom. The normalized spacial score (nSPS) is 19.3. The predicted molar refractivity (Wildman–Crippen MR) is 128 cm³/mol. The molecular formula is C26H37N5O2. The van der Waals surface area contributed by atoms with Crippen LogP contribution in [-0.2, 0) is 17.9 Å². The van der Waals surface area contributed by atoms with Gasteiger partial charge in [-0.1, -0.05) is 49.6 Å². The summed E-state index contributed by atoms with van der Waals surface area (Å²) in [7, 11) is 0. The Balaban J connectivity index is 1.43. The van der Waals surface area contributed by atoms with Crippen LogP contribution in [0.1, 0.15) is 63.4 Å². The number of hydrogen-bond acceptors (Lipinski definition) is 3. The van der Waals surface area contributed by atoms with Crippen molar-refractivity contribution in [3.63, 3.8) is 0 Å². The Hall–Kier alpha value is -2.83. The molecule has 4 rings (SSSR count). The Kier molecular flexibility index (Phi) is 8.39. The lowest BCUT2D eigenvalue weighted by Crippen LogP contribution is -2.57. The molecule has 7 heteroatoms. The second-order valence-electron chi connectivity index (χ2n) is 9.39. The quantitative estimate of drug-likeness (QED) is 0.654. The van der Waals surface area contributed by atoms with Crippen LogP contribution in [0, 0.1) is 0 Å². The van der Waals surface area contributed by atoms with Crippen molar-refractivity contribution in [3.05, 3.63) is 54.6 Å². The summed E-state index contributed by atoms with van der Waals surface area (Å²) in [6, 6.07) is 9.95. The SMILES string of the molecule is O=C(C1CCCCN1C(=O)NC1CCCCC1)N(CCCn1ccnc1)Cc1ccccc1. The van der Waals surface area contributed by atoms with Gasteiger partial charge in [0, 0.05) is 44.6 Å². The fourth-order valence-electron chi connectivity index (χ4n) is 5.08. The van der Waals surface area contributed by atoms with Gasteiger partial charge in [0.1, 0.15) is 6.04 Å². The molecule has 1 saturated carbocycles. The maximum absolute atomic E-state index is 13.8. The van der Waals surface area contributed by atoms with Gasteiger partial charge in [-0.15, -0.1) is 0 Å². The summed E-state index contributed by atoms with van der Waals surface area (Å²) < 4.78 is 2.04. The number of aryl methyl sites for hydroxylation is 1. The molecule has 1 unspecified atom stereocenters. The number of rotatable bonds is 8. The number of nitrogens with zero attached hydrogens (tertiary/aromatic N) is 4. The summed E-state index contributed by atoms with van der Waals surface area (Å²) in [5.41, 5.74) is 1.11. The molecule has 2 heterocycles. The minimum Gasteiger partial charge on any atom is -0.337 e. The van der Waals surface area contributed by atoms with Gasteiger partial charge in [-0.25, -0.2) is 9.78 Å². The van der Waals surface area contributed by atoms with Crippen molar-refractivity contribution in [3.8, 4) is 0 Å². The zero-order valence-electron chi connectivity index (χ0n) is 19.6. The summed E-state index contributed by atoms with van der Waals surface area (Å²) in [6.45, 7) is 2.69. The number of amides is 3. The molecule has 1 aromatic heterocycles. The van der Waals surface area contributed by atoms with Crippen LogP contribution in [-0.4, -0.2) is 56.5 Å². The first kappa shape index (κ1) is 23.3. The number of hydrogen-bond donors (Lipinski definition) is 1.